The summed E-state index contributed by atoms with van der Waals surface area (Å²) < 4.78 is 0. The van der Waals surface area contributed by atoms with E-state index in [1.54, 1.807) is 0 Å². The maximum Gasteiger partial charge on any atom is 0.252 e. The van der Waals surface area contributed by atoms with E-state index in [1.165, 1.54) is 0 Å². The number of hydrogen-bond donors (Lipinski definition) is 2. The Morgan fingerprint density at radius 2 is 1.85 bits per heavy atom. The van der Waals surface area contributed by atoms with Crippen LogP contribution < -0.4 is 11.1 Å². The maximum atomic E-state index is 12.6. The minimum absolute atomic E-state index is 0.0662. The van der Waals surface area contributed by atoms with Gasteiger partial charge in [0, 0.05) is 12.1 Å². The van der Waals surface area contributed by atoms with E-state index in [0.29, 0.717) is 12.1 Å². The third-order valence-electron chi connectivity index (χ3n) is 4.13. The topological polar surface area (TPSA) is 55.1 Å². The summed E-state index contributed by atoms with van der Waals surface area (Å²) in [6.45, 7) is 6.54. The molecule has 0 bridgehead atoms. The summed E-state index contributed by atoms with van der Waals surface area (Å²) in [7, 11) is 0. The minimum atomic E-state index is -0.395. The van der Waals surface area contributed by atoms with Crippen molar-refractivity contribution in [2.45, 2.75) is 26.3 Å². The van der Waals surface area contributed by atoms with Gasteiger partial charge in [0.15, 0.2) is 0 Å². The van der Waals surface area contributed by atoms with Gasteiger partial charge in [-0.15, -0.1) is 0 Å². The van der Waals surface area contributed by atoms with E-state index in [9.17, 15) is 4.79 Å². The molecule has 1 atom stereocenters. The fourth-order valence-corrected chi connectivity index (χ4v) is 2.18. The fraction of sp³-hybridized carbons (Fsp3) is 0.353. The quantitative estimate of drug-likeness (QED) is 0.897. The number of hydrogen-bond acceptors (Lipinski definition) is 2. The normalized spacial score (nSPS) is 14.2. The van der Waals surface area contributed by atoms with Gasteiger partial charge in [0.25, 0.3) is 5.91 Å². The molecule has 0 aliphatic heterocycles. The molecule has 2 aromatic carbocycles. The van der Waals surface area contributed by atoms with Crippen LogP contribution in [0.2, 0.25) is 0 Å². The molecule has 0 fully saturated rings. The molecule has 0 spiro atoms. The van der Waals surface area contributed by atoms with E-state index in [-0.39, 0.29) is 11.8 Å². The SMILES string of the molecule is CC(C)C(C)(CN)NC(=O)c1cccc2ccccc12. The fourth-order valence-electron chi connectivity index (χ4n) is 2.18. The Bertz CT molecular complexity index is 616. The summed E-state index contributed by atoms with van der Waals surface area (Å²) in [6.07, 6.45) is 0. The van der Waals surface area contributed by atoms with Crippen molar-refractivity contribution in [1.29, 1.82) is 0 Å². The molecule has 0 radical (unpaired) electrons. The molecule has 106 valence electrons. The van der Waals surface area contributed by atoms with Crippen molar-refractivity contribution in [3.8, 4) is 0 Å². The van der Waals surface area contributed by atoms with Crippen LogP contribution in [0.15, 0.2) is 42.5 Å². The van der Waals surface area contributed by atoms with E-state index in [1.807, 2.05) is 49.4 Å². The lowest BCUT2D eigenvalue weighted by Crippen LogP contribution is -2.55. The zero-order valence-electron chi connectivity index (χ0n) is 12.3. The van der Waals surface area contributed by atoms with Crippen LogP contribution in [-0.2, 0) is 0 Å². The van der Waals surface area contributed by atoms with Gasteiger partial charge in [0.05, 0.1) is 5.54 Å². The average molecular weight is 270 g/mol. The van der Waals surface area contributed by atoms with Crippen LogP contribution in [0, 0.1) is 5.92 Å². The number of benzene rings is 2. The third kappa shape index (κ3) is 2.68. The van der Waals surface area contributed by atoms with E-state index in [0.717, 1.165) is 10.8 Å². The van der Waals surface area contributed by atoms with Crippen molar-refractivity contribution in [1.82, 2.24) is 5.32 Å². The largest absolute Gasteiger partial charge is 0.345 e. The number of rotatable bonds is 4. The Balaban J connectivity index is 2.37. The smallest absolute Gasteiger partial charge is 0.252 e. The molecule has 0 saturated carbocycles. The Hall–Kier alpha value is -1.87. The summed E-state index contributed by atoms with van der Waals surface area (Å²) in [4.78, 5) is 12.6. The van der Waals surface area contributed by atoms with Crippen molar-refractivity contribution in [3.05, 3.63) is 48.0 Å². The number of carbonyl (C=O) groups excluding carboxylic acids is 1. The van der Waals surface area contributed by atoms with Crippen molar-refractivity contribution in [2.24, 2.45) is 11.7 Å². The second-order valence-electron chi connectivity index (χ2n) is 5.76. The molecule has 0 aromatic heterocycles. The molecule has 1 amide bonds. The van der Waals surface area contributed by atoms with Crippen molar-refractivity contribution >= 4 is 16.7 Å². The molecule has 0 heterocycles. The van der Waals surface area contributed by atoms with Crippen LogP contribution >= 0.6 is 0 Å². The third-order valence-corrected chi connectivity index (χ3v) is 4.13. The van der Waals surface area contributed by atoms with Crippen LogP contribution in [0.25, 0.3) is 10.8 Å². The van der Waals surface area contributed by atoms with Crippen molar-refractivity contribution in [2.75, 3.05) is 6.54 Å². The van der Waals surface area contributed by atoms with Crippen molar-refractivity contribution < 1.29 is 4.79 Å². The van der Waals surface area contributed by atoms with Crippen LogP contribution in [-0.4, -0.2) is 18.0 Å². The second kappa shape index (κ2) is 5.63. The van der Waals surface area contributed by atoms with Gasteiger partial charge in [0.1, 0.15) is 0 Å². The predicted octanol–water partition coefficient (Wildman–Crippen LogP) is 2.94. The summed E-state index contributed by atoms with van der Waals surface area (Å²) in [5.41, 5.74) is 6.14. The zero-order chi connectivity index (χ0) is 14.8. The van der Waals surface area contributed by atoms with Crippen molar-refractivity contribution in [3.63, 3.8) is 0 Å². The van der Waals surface area contributed by atoms with Gasteiger partial charge >= 0.3 is 0 Å². The van der Waals surface area contributed by atoms with Gasteiger partial charge in [-0.3, -0.25) is 4.79 Å². The number of nitrogens with two attached hydrogens (primary N) is 1. The van der Waals surface area contributed by atoms with Crippen LogP contribution in [0.3, 0.4) is 0 Å². The van der Waals surface area contributed by atoms with E-state index in [4.69, 9.17) is 5.73 Å². The molecule has 0 aliphatic carbocycles. The molecule has 2 rings (SSSR count). The highest BCUT2D eigenvalue weighted by Crippen LogP contribution is 2.21. The molecule has 0 aliphatic rings. The molecule has 0 saturated heterocycles. The highest BCUT2D eigenvalue weighted by atomic mass is 16.1. The van der Waals surface area contributed by atoms with Gasteiger partial charge in [-0.25, -0.2) is 0 Å². The second-order valence-corrected chi connectivity index (χ2v) is 5.76. The van der Waals surface area contributed by atoms with Gasteiger partial charge in [-0.1, -0.05) is 50.2 Å². The Kier molecular flexibility index (Phi) is 4.09. The zero-order valence-corrected chi connectivity index (χ0v) is 12.3. The first-order chi connectivity index (χ1) is 9.48. The lowest BCUT2D eigenvalue weighted by molar-refractivity contribution is 0.0885. The van der Waals surface area contributed by atoms with E-state index < -0.39 is 5.54 Å². The van der Waals surface area contributed by atoms with Gasteiger partial charge < -0.3 is 11.1 Å². The number of carbonyl (C=O) groups is 1. The molecular weight excluding hydrogens is 248 g/mol. The molecule has 20 heavy (non-hydrogen) atoms. The predicted molar refractivity (Wildman–Crippen MR) is 83.7 cm³/mol. The molecule has 1 unspecified atom stereocenters. The highest BCUT2D eigenvalue weighted by molar-refractivity contribution is 6.07. The summed E-state index contributed by atoms with van der Waals surface area (Å²) in [6, 6.07) is 13.7. The number of amides is 1. The Labute approximate surface area is 120 Å². The first kappa shape index (κ1) is 14.5. The Morgan fingerprint density at radius 1 is 1.20 bits per heavy atom. The van der Waals surface area contributed by atoms with Crippen LogP contribution in [0.5, 0.6) is 0 Å². The summed E-state index contributed by atoms with van der Waals surface area (Å²) >= 11 is 0. The molecular formula is C17H22N2O. The highest BCUT2D eigenvalue weighted by Gasteiger charge is 2.29. The Morgan fingerprint density at radius 3 is 2.50 bits per heavy atom. The molecule has 3 nitrogen and oxygen atoms in total. The summed E-state index contributed by atoms with van der Waals surface area (Å²) in [5, 5.41) is 5.12. The lowest BCUT2D eigenvalue weighted by atomic mass is 9.88. The maximum absolute atomic E-state index is 12.6. The van der Waals surface area contributed by atoms with Crippen LogP contribution in [0.4, 0.5) is 0 Å². The number of nitrogens with one attached hydrogen (secondary N) is 1. The van der Waals surface area contributed by atoms with Crippen LogP contribution in [0.1, 0.15) is 31.1 Å². The molecule has 3 N–H and O–H groups in total. The minimum Gasteiger partial charge on any atom is -0.345 e. The first-order valence-electron chi connectivity index (χ1n) is 6.98. The van der Waals surface area contributed by atoms with Gasteiger partial charge in [0.2, 0.25) is 0 Å². The lowest BCUT2D eigenvalue weighted by Gasteiger charge is -2.33. The standard InChI is InChI=1S/C17H22N2O/c1-12(2)17(3,11-18)19-16(20)15-10-6-8-13-7-4-5-9-14(13)15/h4-10,12H,11,18H2,1-3H3,(H,19,20). The summed E-state index contributed by atoms with van der Waals surface area (Å²) in [5.74, 6) is 0.204. The van der Waals surface area contributed by atoms with E-state index >= 15 is 0 Å². The van der Waals surface area contributed by atoms with Gasteiger partial charge in [-0.05, 0) is 29.7 Å². The molecule has 2 aromatic rings. The first-order valence-corrected chi connectivity index (χ1v) is 6.98. The number of fused-ring (bicyclic) bond motifs is 1. The molecule has 3 heteroatoms. The average Bonchev–Trinajstić information content (AvgIpc) is 2.46. The van der Waals surface area contributed by atoms with E-state index in [2.05, 4.69) is 19.2 Å². The van der Waals surface area contributed by atoms with Gasteiger partial charge in [-0.2, -0.15) is 0 Å². The monoisotopic (exact) mass is 270 g/mol.